The van der Waals surface area contributed by atoms with Gasteiger partial charge in [0.1, 0.15) is 18.1 Å². The number of ketones is 1. The van der Waals surface area contributed by atoms with Crippen molar-refractivity contribution in [2.45, 2.75) is 109 Å². The van der Waals surface area contributed by atoms with Crippen LogP contribution in [0.15, 0.2) is 30.3 Å². The predicted molar refractivity (Wildman–Crippen MR) is 187 cm³/mol. The molecule has 0 unspecified atom stereocenters. The molecule has 0 radical (unpaired) electrons. The molecule has 1 aromatic rings. The van der Waals surface area contributed by atoms with Crippen molar-refractivity contribution >= 4 is 23.5 Å². The monoisotopic (exact) mass is 688 g/mol. The number of likely N-dealkylation sites (tertiary alicyclic amines) is 1. The molecule has 4 rings (SSSR count). The number of ether oxygens (including phenoxy) is 4. The Hall–Kier alpha value is -2.61. The van der Waals surface area contributed by atoms with Gasteiger partial charge in [0.25, 0.3) is 0 Å². The van der Waals surface area contributed by atoms with Crippen molar-refractivity contribution in [1.29, 1.82) is 0 Å². The first kappa shape index (κ1) is 39.2. The molecule has 276 valence electrons. The first-order valence-electron chi connectivity index (χ1n) is 17.7. The standard InChI is InChI=1S/C37H60N4O8/c1-24-21-36(6,46-10)31(49-32-29(42)28(39(7)8)20-25(2)48-32)26(3)30(43)35(4,5)33(44)47-23-37(40(9)22-24)16-18-41(19-17-37)34(45)38-27-14-12-11-13-15-27/h11-15,24-26,28-29,31-32,42H,16-23H2,1-10H3,(H,38,45)/t24-,25-,26+,28+,29-,31-,32+,36-/m1/s1. The van der Waals surface area contributed by atoms with Gasteiger partial charge in [-0.15, -0.1) is 0 Å². The number of para-hydroxylation sites is 1. The Labute approximate surface area is 292 Å². The van der Waals surface area contributed by atoms with Crippen molar-refractivity contribution in [2.24, 2.45) is 17.3 Å². The first-order chi connectivity index (χ1) is 22.9. The summed E-state index contributed by atoms with van der Waals surface area (Å²) in [5, 5.41) is 14.3. The van der Waals surface area contributed by atoms with Gasteiger partial charge in [-0.25, -0.2) is 4.79 Å². The van der Waals surface area contributed by atoms with Crippen LogP contribution >= 0.6 is 0 Å². The van der Waals surface area contributed by atoms with Crippen molar-refractivity contribution in [1.82, 2.24) is 14.7 Å². The van der Waals surface area contributed by atoms with Gasteiger partial charge in [0.15, 0.2) is 12.1 Å². The molecule has 8 atom stereocenters. The molecular weight excluding hydrogens is 628 g/mol. The molecule has 0 bridgehead atoms. The average molecular weight is 689 g/mol. The van der Waals surface area contributed by atoms with Crippen LogP contribution in [0.4, 0.5) is 10.5 Å². The lowest BCUT2D eigenvalue weighted by atomic mass is 9.74. The molecule has 1 aromatic carbocycles. The highest BCUT2D eigenvalue weighted by Crippen LogP contribution is 2.39. The average Bonchev–Trinajstić information content (AvgIpc) is 3.06. The van der Waals surface area contributed by atoms with Crippen LogP contribution in [-0.4, -0.2) is 134 Å². The summed E-state index contributed by atoms with van der Waals surface area (Å²) in [5.41, 5.74) is -2.27. The predicted octanol–water partition coefficient (Wildman–Crippen LogP) is 4.02. The zero-order valence-electron chi connectivity index (χ0n) is 31.2. The van der Waals surface area contributed by atoms with Crippen LogP contribution in [0.5, 0.6) is 0 Å². The third kappa shape index (κ3) is 8.65. The number of likely N-dealkylation sites (N-methyl/N-ethyl adjacent to an activating group) is 2. The number of aliphatic hydroxyl groups excluding tert-OH is 1. The minimum absolute atomic E-state index is 0.0646. The SMILES string of the molecule is CO[C@]1(C)C[C@@H](C)CN(C)C2(CCN(C(=O)Nc3ccccc3)CC2)COC(=O)C(C)(C)C(=O)[C@H](C)[C@H]1O[C@@H]1O[C@H](C)C[C@H](N(C)C)[C@H]1O. The largest absolute Gasteiger partial charge is 0.463 e. The number of benzene rings is 1. The van der Waals surface area contributed by atoms with E-state index in [1.54, 1.807) is 32.8 Å². The number of piperidine rings is 1. The lowest BCUT2D eigenvalue weighted by molar-refractivity contribution is -0.295. The number of nitrogens with one attached hydrogen (secondary N) is 1. The Morgan fingerprint density at radius 3 is 2.29 bits per heavy atom. The van der Waals surface area contributed by atoms with Crippen LogP contribution in [0.25, 0.3) is 0 Å². The lowest BCUT2D eigenvalue weighted by Gasteiger charge is -2.48. The van der Waals surface area contributed by atoms with E-state index < -0.39 is 46.9 Å². The van der Waals surface area contributed by atoms with Gasteiger partial charge in [-0.1, -0.05) is 32.0 Å². The fourth-order valence-electron chi connectivity index (χ4n) is 8.00. The summed E-state index contributed by atoms with van der Waals surface area (Å²) >= 11 is 0. The number of hydrogen-bond donors (Lipinski definition) is 2. The van der Waals surface area contributed by atoms with E-state index in [0.717, 1.165) is 5.69 Å². The number of nitrogens with zero attached hydrogens (tertiary/aromatic N) is 3. The number of aliphatic hydroxyl groups is 1. The fraction of sp³-hybridized carbons (Fsp3) is 0.757. The third-order valence-corrected chi connectivity index (χ3v) is 11.2. The summed E-state index contributed by atoms with van der Waals surface area (Å²) in [7, 11) is 7.48. The number of amides is 2. The molecule has 2 amide bonds. The summed E-state index contributed by atoms with van der Waals surface area (Å²) in [4.78, 5) is 47.3. The van der Waals surface area contributed by atoms with Gasteiger partial charge < -0.3 is 39.2 Å². The number of methoxy groups -OCH3 is 1. The maximum atomic E-state index is 14.3. The number of hydrogen-bond acceptors (Lipinski definition) is 10. The van der Waals surface area contributed by atoms with E-state index in [4.69, 9.17) is 18.9 Å². The number of cyclic esters (lactones) is 1. The second-order valence-electron chi connectivity index (χ2n) is 15.7. The highest BCUT2D eigenvalue weighted by Gasteiger charge is 2.52. The zero-order valence-corrected chi connectivity index (χ0v) is 31.2. The molecule has 12 heteroatoms. The van der Waals surface area contributed by atoms with Gasteiger partial charge in [0, 0.05) is 44.4 Å². The molecule has 49 heavy (non-hydrogen) atoms. The van der Waals surface area contributed by atoms with Crippen molar-refractivity contribution in [3.8, 4) is 0 Å². The maximum absolute atomic E-state index is 14.3. The molecule has 2 N–H and O–H groups in total. The quantitative estimate of drug-likeness (QED) is 0.346. The first-order valence-corrected chi connectivity index (χ1v) is 17.7. The molecule has 3 aliphatic heterocycles. The smallest absolute Gasteiger partial charge is 0.321 e. The molecule has 1 spiro atoms. The minimum Gasteiger partial charge on any atom is -0.463 e. The van der Waals surface area contributed by atoms with E-state index in [0.29, 0.717) is 45.3 Å². The van der Waals surface area contributed by atoms with Gasteiger partial charge in [0.2, 0.25) is 0 Å². The Morgan fingerprint density at radius 2 is 1.69 bits per heavy atom. The number of urea groups is 1. The van der Waals surface area contributed by atoms with E-state index in [1.807, 2.05) is 70.2 Å². The molecule has 0 aliphatic carbocycles. The van der Waals surface area contributed by atoms with Crippen molar-refractivity contribution in [3.05, 3.63) is 30.3 Å². The van der Waals surface area contributed by atoms with Crippen LogP contribution in [-0.2, 0) is 28.5 Å². The van der Waals surface area contributed by atoms with Gasteiger partial charge in [0.05, 0.1) is 23.3 Å². The van der Waals surface area contributed by atoms with E-state index in [9.17, 15) is 19.5 Å². The maximum Gasteiger partial charge on any atom is 0.321 e. The summed E-state index contributed by atoms with van der Waals surface area (Å²) in [5.74, 6) is -1.68. The highest BCUT2D eigenvalue weighted by molar-refractivity contribution is 6.04. The van der Waals surface area contributed by atoms with Gasteiger partial charge in [-0.2, -0.15) is 0 Å². The van der Waals surface area contributed by atoms with Crippen molar-refractivity contribution in [2.75, 3.05) is 59.8 Å². The number of carbonyl (C=O) groups excluding carboxylic acids is 3. The zero-order chi connectivity index (χ0) is 36.3. The molecule has 12 nitrogen and oxygen atoms in total. The molecule has 3 aliphatic rings. The Bertz CT molecular complexity index is 1290. The van der Waals surface area contributed by atoms with Crippen molar-refractivity contribution in [3.63, 3.8) is 0 Å². The van der Waals surface area contributed by atoms with Crippen molar-refractivity contribution < 1.29 is 38.4 Å². The molecule has 0 saturated carbocycles. The molecule has 3 heterocycles. The minimum atomic E-state index is -1.49. The topological polar surface area (TPSA) is 130 Å². The second-order valence-corrected chi connectivity index (χ2v) is 15.7. The van der Waals surface area contributed by atoms with Crippen LogP contribution in [0.1, 0.15) is 67.2 Å². The molecular formula is C37H60N4O8. The van der Waals surface area contributed by atoms with Gasteiger partial charge in [-0.3, -0.25) is 14.5 Å². The lowest BCUT2D eigenvalue weighted by Crippen LogP contribution is -2.59. The van der Waals surface area contributed by atoms with E-state index >= 15 is 0 Å². The Balaban J connectivity index is 1.61. The van der Waals surface area contributed by atoms with Crippen LogP contribution in [0, 0.1) is 17.3 Å². The third-order valence-electron chi connectivity index (χ3n) is 11.2. The summed E-state index contributed by atoms with van der Waals surface area (Å²) in [6.07, 6.45) is -0.641. The number of Topliss-reactive ketones (excluding diaryl/α,β-unsaturated/α-hetero) is 1. The van der Waals surface area contributed by atoms with Gasteiger partial charge in [-0.05, 0) is 92.6 Å². The Kier molecular flexibility index (Phi) is 12.6. The van der Waals surface area contributed by atoms with Crippen LogP contribution in [0.2, 0.25) is 0 Å². The molecule has 3 saturated heterocycles. The van der Waals surface area contributed by atoms with E-state index in [2.05, 4.69) is 17.1 Å². The highest BCUT2D eigenvalue weighted by atomic mass is 16.7. The van der Waals surface area contributed by atoms with E-state index in [1.165, 1.54) is 0 Å². The normalized spacial score (nSPS) is 34.9. The summed E-state index contributed by atoms with van der Waals surface area (Å²) < 4.78 is 25.1. The van der Waals surface area contributed by atoms with Crippen LogP contribution in [0.3, 0.4) is 0 Å². The number of esters is 1. The molecule has 0 aromatic heterocycles. The van der Waals surface area contributed by atoms with Crippen LogP contribution < -0.4 is 5.32 Å². The Morgan fingerprint density at radius 1 is 1.06 bits per heavy atom. The fourth-order valence-corrected chi connectivity index (χ4v) is 8.00. The second kappa shape index (κ2) is 15.7. The number of carbonyl (C=O) groups is 3. The molecule has 3 fully saturated rings. The van der Waals surface area contributed by atoms with Gasteiger partial charge >= 0.3 is 12.0 Å². The number of anilines is 1. The summed E-state index contributed by atoms with van der Waals surface area (Å²) in [6.45, 7) is 12.7. The number of rotatable bonds is 5. The summed E-state index contributed by atoms with van der Waals surface area (Å²) in [6, 6.07) is 9.00. The van der Waals surface area contributed by atoms with E-state index in [-0.39, 0.29) is 36.5 Å².